The van der Waals surface area contributed by atoms with Crippen LogP contribution in [0, 0.1) is 0 Å². The van der Waals surface area contributed by atoms with E-state index in [0.717, 1.165) is 23.4 Å². The van der Waals surface area contributed by atoms with E-state index in [2.05, 4.69) is 22.5 Å². The van der Waals surface area contributed by atoms with Gasteiger partial charge in [0, 0.05) is 18.5 Å². The SMILES string of the molecule is COC(=O)c1c(NC(=O)c2ccco2)c2cc(NC(C)Cc3ccc(OC)cc3)cnc2n1C. The summed E-state index contributed by atoms with van der Waals surface area (Å²) in [6, 6.07) is 13.0. The Morgan fingerprint density at radius 1 is 1.18 bits per heavy atom. The largest absolute Gasteiger partial charge is 0.497 e. The minimum Gasteiger partial charge on any atom is -0.497 e. The highest BCUT2D eigenvalue weighted by molar-refractivity contribution is 6.14. The molecular formula is C25H26N4O5. The highest BCUT2D eigenvalue weighted by Crippen LogP contribution is 2.32. The average Bonchev–Trinajstić information content (AvgIpc) is 3.46. The summed E-state index contributed by atoms with van der Waals surface area (Å²) in [5, 5.41) is 6.83. The number of carbonyl (C=O) groups excluding carboxylic acids is 2. The van der Waals surface area contributed by atoms with Crippen molar-refractivity contribution in [3.05, 3.63) is 71.9 Å². The fourth-order valence-corrected chi connectivity index (χ4v) is 3.88. The number of benzene rings is 1. The van der Waals surface area contributed by atoms with Crippen LogP contribution >= 0.6 is 0 Å². The number of aryl methyl sites for hydroxylation is 1. The quantitative estimate of drug-likeness (QED) is 0.377. The van der Waals surface area contributed by atoms with Gasteiger partial charge in [-0.15, -0.1) is 0 Å². The molecule has 1 amide bonds. The Balaban J connectivity index is 1.64. The first-order chi connectivity index (χ1) is 16.4. The van der Waals surface area contributed by atoms with E-state index in [0.29, 0.717) is 16.7 Å². The van der Waals surface area contributed by atoms with E-state index in [9.17, 15) is 9.59 Å². The van der Waals surface area contributed by atoms with E-state index in [1.165, 1.54) is 13.4 Å². The average molecular weight is 463 g/mol. The molecule has 0 saturated carbocycles. The molecule has 34 heavy (non-hydrogen) atoms. The lowest BCUT2D eigenvalue weighted by Gasteiger charge is -2.15. The third-order valence-corrected chi connectivity index (χ3v) is 5.50. The zero-order chi connectivity index (χ0) is 24.2. The molecule has 0 fully saturated rings. The molecule has 0 spiro atoms. The number of hydrogen-bond acceptors (Lipinski definition) is 7. The fourth-order valence-electron chi connectivity index (χ4n) is 3.88. The van der Waals surface area contributed by atoms with E-state index in [1.54, 1.807) is 37.1 Å². The number of anilines is 2. The predicted octanol–water partition coefficient (Wildman–Crippen LogP) is 4.26. The van der Waals surface area contributed by atoms with Crippen LogP contribution in [0.1, 0.15) is 33.5 Å². The molecule has 0 aliphatic rings. The third-order valence-electron chi connectivity index (χ3n) is 5.50. The number of methoxy groups -OCH3 is 2. The van der Waals surface area contributed by atoms with Crippen LogP contribution in [-0.2, 0) is 18.2 Å². The van der Waals surface area contributed by atoms with Gasteiger partial charge in [-0.3, -0.25) is 4.79 Å². The normalized spacial score (nSPS) is 11.8. The van der Waals surface area contributed by atoms with Gasteiger partial charge >= 0.3 is 5.97 Å². The monoisotopic (exact) mass is 462 g/mol. The second-order valence-corrected chi connectivity index (χ2v) is 7.90. The molecule has 0 saturated heterocycles. The third kappa shape index (κ3) is 4.59. The number of ether oxygens (including phenoxy) is 2. The van der Waals surface area contributed by atoms with Gasteiger partial charge in [0.2, 0.25) is 0 Å². The molecule has 9 heteroatoms. The van der Waals surface area contributed by atoms with Crippen molar-refractivity contribution in [3.63, 3.8) is 0 Å². The van der Waals surface area contributed by atoms with Crippen LogP contribution in [0.2, 0.25) is 0 Å². The van der Waals surface area contributed by atoms with Gasteiger partial charge in [0.25, 0.3) is 5.91 Å². The summed E-state index contributed by atoms with van der Waals surface area (Å²) in [5.41, 5.74) is 2.94. The highest BCUT2D eigenvalue weighted by atomic mass is 16.5. The lowest BCUT2D eigenvalue weighted by molar-refractivity contribution is 0.0591. The number of amides is 1. The van der Waals surface area contributed by atoms with Crippen LogP contribution < -0.4 is 15.4 Å². The van der Waals surface area contributed by atoms with Crippen molar-refractivity contribution in [2.75, 3.05) is 24.9 Å². The molecule has 1 aromatic carbocycles. The predicted molar refractivity (Wildman–Crippen MR) is 128 cm³/mol. The minimum absolute atomic E-state index is 0.0950. The van der Waals surface area contributed by atoms with Crippen LogP contribution in [-0.4, -0.2) is 41.7 Å². The number of aromatic nitrogens is 2. The summed E-state index contributed by atoms with van der Waals surface area (Å²) in [5.74, 6) is -0.122. The summed E-state index contributed by atoms with van der Waals surface area (Å²) in [4.78, 5) is 29.8. The van der Waals surface area contributed by atoms with Gasteiger partial charge in [0.1, 0.15) is 11.4 Å². The maximum Gasteiger partial charge on any atom is 0.356 e. The lowest BCUT2D eigenvalue weighted by atomic mass is 10.1. The van der Waals surface area contributed by atoms with Crippen LogP contribution in [0.3, 0.4) is 0 Å². The van der Waals surface area contributed by atoms with Gasteiger partial charge in [-0.1, -0.05) is 12.1 Å². The maximum absolute atomic E-state index is 12.7. The molecule has 3 aromatic heterocycles. The molecule has 0 aliphatic heterocycles. The van der Waals surface area contributed by atoms with Crippen molar-refractivity contribution < 1.29 is 23.5 Å². The fraction of sp³-hybridized carbons (Fsp3) is 0.240. The summed E-state index contributed by atoms with van der Waals surface area (Å²) in [6.07, 6.45) is 3.89. The Morgan fingerprint density at radius 2 is 1.94 bits per heavy atom. The number of furan rings is 1. The number of fused-ring (bicyclic) bond motifs is 1. The van der Waals surface area contributed by atoms with Gasteiger partial charge in [0.05, 0.1) is 38.1 Å². The Morgan fingerprint density at radius 3 is 2.59 bits per heavy atom. The number of hydrogen-bond donors (Lipinski definition) is 2. The molecule has 2 N–H and O–H groups in total. The maximum atomic E-state index is 12.7. The van der Waals surface area contributed by atoms with Gasteiger partial charge in [-0.05, 0) is 49.2 Å². The first-order valence-corrected chi connectivity index (χ1v) is 10.7. The number of esters is 1. The summed E-state index contributed by atoms with van der Waals surface area (Å²) < 4.78 is 17.0. The topological polar surface area (TPSA) is 108 Å². The Bertz CT molecular complexity index is 1310. The highest BCUT2D eigenvalue weighted by Gasteiger charge is 2.25. The zero-order valence-corrected chi connectivity index (χ0v) is 19.4. The second-order valence-electron chi connectivity index (χ2n) is 7.90. The molecule has 0 bridgehead atoms. The number of carbonyl (C=O) groups is 2. The van der Waals surface area contributed by atoms with Crippen molar-refractivity contribution in [2.45, 2.75) is 19.4 Å². The smallest absolute Gasteiger partial charge is 0.356 e. The number of nitrogens with one attached hydrogen (secondary N) is 2. The molecular weight excluding hydrogens is 436 g/mol. The Hall–Kier alpha value is -4.27. The van der Waals surface area contributed by atoms with E-state index < -0.39 is 11.9 Å². The van der Waals surface area contributed by atoms with Crippen LogP contribution in [0.15, 0.2) is 59.3 Å². The van der Waals surface area contributed by atoms with Crippen LogP contribution in [0.25, 0.3) is 11.0 Å². The van der Waals surface area contributed by atoms with Gasteiger partial charge in [-0.25, -0.2) is 9.78 Å². The second kappa shape index (κ2) is 9.70. The molecule has 9 nitrogen and oxygen atoms in total. The van der Waals surface area contributed by atoms with E-state index >= 15 is 0 Å². The van der Waals surface area contributed by atoms with Gasteiger partial charge < -0.3 is 29.1 Å². The molecule has 1 atom stereocenters. The summed E-state index contributed by atoms with van der Waals surface area (Å²) >= 11 is 0. The van der Waals surface area contributed by atoms with Crippen molar-refractivity contribution >= 4 is 34.3 Å². The van der Waals surface area contributed by atoms with Crippen molar-refractivity contribution in [2.24, 2.45) is 7.05 Å². The van der Waals surface area contributed by atoms with Crippen LogP contribution in [0.4, 0.5) is 11.4 Å². The van der Waals surface area contributed by atoms with E-state index in [4.69, 9.17) is 13.9 Å². The van der Waals surface area contributed by atoms with Gasteiger partial charge in [-0.2, -0.15) is 0 Å². The first kappa shape index (κ1) is 22.9. The number of nitrogens with zero attached hydrogens (tertiary/aromatic N) is 2. The van der Waals surface area contributed by atoms with Crippen LogP contribution in [0.5, 0.6) is 5.75 Å². The first-order valence-electron chi connectivity index (χ1n) is 10.7. The molecule has 0 radical (unpaired) electrons. The standard InChI is InChI=1S/C25H26N4O5/c1-15(12-16-7-9-18(32-3)10-8-16)27-17-13-19-21(28-24(30)20-6-5-11-34-20)22(25(31)33-4)29(2)23(19)26-14-17/h5-11,13-15,27H,12H2,1-4H3,(H,28,30). The Kier molecular flexibility index (Phi) is 6.53. The number of pyridine rings is 1. The van der Waals surface area contributed by atoms with E-state index in [-0.39, 0.29) is 17.5 Å². The molecule has 4 aromatic rings. The van der Waals surface area contributed by atoms with Gasteiger partial charge in [0.15, 0.2) is 11.5 Å². The summed E-state index contributed by atoms with van der Waals surface area (Å²) in [6.45, 7) is 2.07. The molecule has 3 heterocycles. The molecule has 4 rings (SSSR count). The lowest BCUT2D eigenvalue weighted by Crippen LogP contribution is -2.18. The molecule has 176 valence electrons. The summed E-state index contributed by atoms with van der Waals surface area (Å²) in [7, 11) is 4.63. The zero-order valence-electron chi connectivity index (χ0n) is 19.4. The minimum atomic E-state index is -0.586. The van der Waals surface area contributed by atoms with Crippen molar-refractivity contribution in [1.82, 2.24) is 9.55 Å². The molecule has 1 unspecified atom stereocenters. The van der Waals surface area contributed by atoms with Crippen molar-refractivity contribution in [3.8, 4) is 5.75 Å². The number of rotatable bonds is 8. The van der Waals surface area contributed by atoms with Crippen molar-refractivity contribution in [1.29, 1.82) is 0 Å². The van der Waals surface area contributed by atoms with E-state index in [1.807, 2.05) is 30.3 Å². The Labute approximate surface area is 196 Å². The molecule has 0 aliphatic carbocycles.